The number of hydrogen-bond donors (Lipinski definition) is 0. The van der Waals surface area contributed by atoms with Crippen molar-refractivity contribution in [3.05, 3.63) is 28.2 Å². The molecule has 0 aliphatic rings. The van der Waals surface area contributed by atoms with Gasteiger partial charge in [0, 0.05) is 4.47 Å². The normalized spacial score (nSPS) is 11.8. The summed E-state index contributed by atoms with van der Waals surface area (Å²) in [5.74, 6) is -0.885. The van der Waals surface area contributed by atoms with Crippen LogP contribution in [-0.4, -0.2) is 26.0 Å². The van der Waals surface area contributed by atoms with Crippen LogP contribution in [0.3, 0.4) is 0 Å². The zero-order valence-electron chi connectivity index (χ0n) is 10.5. The zero-order valence-corrected chi connectivity index (χ0v) is 12.1. The number of ether oxygens (including phenoxy) is 2. The molecule has 0 heterocycles. The third-order valence-electron chi connectivity index (χ3n) is 2.65. The smallest absolute Gasteiger partial charge is 0.316 e. The van der Waals surface area contributed by atoms with Crippen LogP contribution in [0.5, 0.6) is 5.75 Å². The predicted molar refractivity (Wildman–Crippen MR) is 70.6 cm³/mol. The summed E-state index contributed by atoms with van der Waals surface area (Å²) in [7, 11) is 2.82. The second-order valence-corrected chi connectivity index (χ2v) is 4.76. The number of hydrogen-bond acceptors (Lipinski definition) is 4. The van der Waals surface area contributed by atoms with Gasteiger partial charge in [-0.1, -0.05) is 22.0 Å². The molecule has 0 aromatic heterocycles. The molecule has 0 spiro atoms. The summed E-state index contributed by atoms with van der Waals surface area (Å²) in [5, 5.41) is 0. The second-order valence-electron chi connectivity index (χ2n) is 3.85. The van der Waals surface area contributed by atoms with Crippen molar-refractivity contribution in [3.8, 4) is 5.75 Å². The van der Waals surface area contributed by atoms with Crippen LogP contribution in [0, 0.1) is 5.92 Å². The Balaban J connectivity index is 3.00. The van der Waals surface area contributed by atoms with E-state index in [1.54, 1.807) is 13.2 Å². The van der Waals surface area contributed by atoms with E-state index in [1.807, 2.05) is 12.1 Å². The lowest BCUT2D eigenvalue weighted by Gasteiger charge is -2.14. The molecule has 0 saturated heterocycles. The highest BCUT2D eigenvalue weighted by molar-refractivity contribution is 9.10. The van der Waals surface area contributed by atoms with Crippen molar-refractivity contribution in [2.75, 3.05) is 14.2 Å². The van der Waals surface area contributed by atoms with Gasteiger partial charge in [0.2, 0.25) is 0 Å². The van der Waals surface area contributed by atoms with Gasteiger partial charge in [-0.25, -0.2) is 0 Å². The van der Waals surface area contributed by atoms with Gasteiger partial charge in [-0.05, 0) is 31.0 Å². The van der Waals surface area contributed by atoms with Crippen LogP contribution >= 0.6 is 15.9 Å². The zero-order chi connectivity index (χ0) is 13.7. The largest absolute Gasteiger partial charge is 0.496 e. The number of benzene rings is 1. The van der Waals surface area contributed by atoms with E-state index in [1.165, 1.54) is 14.0 Å². The van der Waals surface area contributed by atoms with Crippen LogP contribution in [0.15, 0.2) is 22.7 Å². The first kappa shape index (κ1) is 14.7. The fourth-order valence-electron chi connectivity index (χ4n) is 1.64. The highest BCUT2D eigenvalue weighted by atomic mass is 79.9. The van der Waals surface area contributed by atoms with Crippen molar-refractivity contribution < 1.29 is 19.1 Å². The summed E-state index contributed by atoms with van der Waals surface area (Å²) < 4.78 is 10.7. The molecule has 0 N–H and O–H groups in total. The predicted octanol–water partition coefficient (Wildman–Crippen LogP) is 2.38. The number of ketones is 1. The molecule has 0 amide bonds. The number of rotatable bonds is 5. The number of carbonyl (C=O) groups is 2. The molecule has 0 fully saturated rings. The molecule has 0 aliphatic carbocycles. The molecule has 0 bridgehead atoms. The van der Waals surface area contributed by atoms with E-state index in [2.05, 4.69) is 20.7 Å². The van der Waals surface area contributed by atoms with Crippen LogP contribution in [0.25, 0.3) is 0 Å². The first-order chi connectivity index (χ1) is 8.49. The van der Waals surface area contributed by atoms with Crippen LogP contribution in [0.1, 0.15) is 12.5 Å². The average molecular weight is 315 g/mol. The summed E-state index contributed by atoms with van der Waals surface area (Å²) in [4.78, 5) is 23.0. The molecule has 0 radical (unpaired) electrons. The molecular weight excluding hydrogens is 300 g/mol. The van der Waals surface area contributed by atoms with Gasteiger partial charge in [0.25, 0.3) is 0 Å². The van der Waals surface area contributed by atoms with Crippen molar-refractivity contribution in [2.45, 2.75) is 13.3 Å². The van der Waals surface area contributed by atoms with Gasteiger partial charge in [0.15, 0.2) is 0 Å². The SMILES string of the molecule is COC(=O)[C@H](Cc1ccc(Br)cc1OC)C(C)=O. The molecule has 1 rings (SSSR count). The molecule has 5 heteroatoms. The van der Waals surface area contributed by atoms with E-state index >= 15 is 0 Å². The van der Waals surface area contributed by atoms with Crippen molar-refractivity contribution in [3.63, 3.8) is 0 Å². The van der Waals surface area contributed by atoms with Crippen molar-refractivity contribution >= 4 is 27.7 Å². The van der Waals surface area contributed by atoms with Crippen molar-refractivity contribution in [1.29, 1.82) is 0 Å². The molecule has 1 aromatic carbocycles. The van der Waals surface area contributed by atoms with Crippen LogP contribution in [0.2, 0.25) is 0 Å². The average Bonchev–Trinajstić information content (AvgIpc) is 2.35. The van der Waals surface area contributed by atoms with E-state index in [-0.39, 0.29) is 12.2 Å². The summed E-state index contributed by atoms with van der Waals surface area (Å²) in [6.07, 6.45) is 0.276. The molecule has 0 unspecified atom stereocenters. The lowest BCUT2D eigenvalue weighted by atomic mass is 9.95. The monoisotopic (exact) mass is 314 g/mol. The number of carbonyl (C=O) groups excluding carboxylic acids is 2. The fraction of sp³-hybridized carbons (Fsp3) is 0.385. The lowest BCUT2D eigenvalue weighted by Crippen LogP contribution is -2.25. The third-order valence-corrected chi connectivity index (χ3v) is 3.14. The maximum atomic E-state index is 11.5. The highest BCUT2D eigenvalue weighted by Gasteiger charge is 2.25. The lowest BCUT2D eigenvalue weighted by molar-refractivity contribution is -0.148. The Kier molecular flexibility index (Phi) is 5.34. The summed E-state index contributed by atoms with van der Waals surface area (Å²) in [6, 6.07) is 5.46. The molecule has 1 atom stereocenters. The topological polar surface area (TPSA) is 52.6 Å². The van der Waals surface area contributed by atoms with Crippen LogP contribution < -0.4 is 4.74 Å². The number of halogens is 1. The Morgan fingerprint density at radius 3 is 2.50 bits per heavy atom. The number of methoxy groups -OCH3 is 2. The Labute approximate surface area is 114 Å². The maximum Gasteiger partial charge on any atom is 0.316 e. The Morgan fingerprint density at radius 2 is 2.00 bits per heavy atom. The number of Topliss-reactive ketones (excluding diaryl/α,β-unsaturated/α-hetero) is 1. The van der Waals surface area contributed by atoms with E-state index in [0.717, 1.165) is 10.0 Å². The molecule has 1 aromatic rings. The van der Waals surface area contributed by atoms with Crippen LogP contribution in [-0.2, 0) is 20.7 Å². The fourth-order valence-corrected chi connectivity index (χ4v) is 1.98. The molecule has 4 nitrogen and oxygen atoms in total. The minimum absolute atomic E-state index is 0.216. The van der Waals surface area contributed by atoms with Crippen LogP contribution in [0.4, 0.5) is 0 Å². The minimum atomic E-state index is -0.787. The van der Waals surface area contributed by atoms with Gasteiger partial charge in [0.05, 0.1) is 14.2 Å². The molecule has 0 saturated carbocycles. The summed E-state index contributed by atoms with van der Waals surface area (Å²) in [5.41, 5.74) is 0.798. The van der Waals surface area contributed by atoms with Crippen molar-refractivity contribution in [2.24, 2.45) is 5.92 Å². The van der Waals surface area contributed by atoms with Gasteiger partial charge in [0.1, 0.15) is 17.5 Å². The van der Waals surface area contributed by atoms with E-state index < -0.39 is 11.9 Å². The van der Waals surface area contributed by atoms with E-state index in [4.69, 9.17) is 4.74 Å². The van der Waals surface area contributed by atoms with Gasteiger partial charge < -0.3 is 9.47 Å². The molecule has 18 heavy (non-hydrogen) atoms. The first-order valence-corrected chi connectivity index (χ1v) is 6.19. The van der Waals surface area contributed by atoms with E-state index in [9.17, 15) is 9.59 Å². The molecule has 98 valence electrons. The van der Waals surface area contributed by atoms with Gasteiger partial charge in [-0.2, -0.15) is 0 Å². The maximum absolute atomic E-state index is 11.5. The summed E-state index contributed by atoms with van der Waals surface area (Å²) >= 11 is 3.34. The Morgan fingerprint density at radius 1 is 1.33 bits per heavy atom. The standard InChI is InChI=1S/C13H15BrO4/c1-8(15)11(13(16)18-3)6-9-4-5-10(14)7-12(9)17-2/h4-5,7,11H,6H2,1-3H3/t11-/m1/s1. The molecule has 0 aliphatic heterocycles. The second kappa shape index (κ2) is 6.54. The van der Waals surface area contributed by atoms with E-state index in [0.29, 0.717) is 5.75 Å². The van der Waals surface area contributed by atoms with Crippen molar-refractivity contribution in [1.82, 2.24) is 0 Å². The quantitative estimate of drug-likeness (QED) is 0.618. The minimum Gasteiger partial charge on any atom is -0.496 e. The van der Waals surface area contributed by atoms with Gasteiger partial charge in [-0.15, -0.1) is 0 Å². The Bertz CT molecular complexity index is 456. The Hall–Kier alpha value is -1.36. The summed E-state index contributed by atoms with van der Waals surface area (Å²) in [6.45, 7) is 1.38. The third kappa shape index (κ3) is 3.57. The first-order valence-electron chi connectivity index (χ1n) is 5.40. The highest BCUT2D eigenvalue weighted by Crippen LogP contribution is 2.26. The van der Waals surface area contributed by atoms with Gasteiger partial charge in [-0.3, -0.25) is 9.59 Å². The molecular formula is C13H15BrO4. The number of esters is 1. The van der Waals surface area contributed by atoms with Gasteiger partial charge >= 0.3 is 5.97 Å².